The molecule has 9 atom stereocenters. The van der Waals surface area contributed by atoms with Gasteiger partial charge in [-0.05, 0) is 13.8 Å². The third kappa shape index (κ3) is 8.22. The van der Waals surface area contributed by atoms with E-state index in [0.29, 0.717) is 6.42 Å². The zero-order valence-electron chi connectivity index (χ0n) is 15.9. The van der Waals surface area contributed by atoms with Crippen molar-refractivity contribution in [2.24, 2.45) is 0 Å². The van der Waals surface area contributed by atoms with Gasteiger partial charge in [-0.15, -0.1) is 0 Å². The van der Waals surface area contributed by atoms with Gasteiger partial charge in [0.15, 0.2) is 6.29 Å². The Morgan fingerprint density at radius 1 is 0.857 bits per heavy atom. The first-order chi connectivity index (χ1) is 12.6. The third-order valence-corrected chi connectivity index (χ3v) is 6.19. The van der Waals surface area contributed by atoms with E-state index in [1.54, 1.807) is 13.8 Å². The number of hydrogen-bond acceptors (Lipinski definition) is 9. The average Bonchev–Trinajstić information content (AvgIpc) is 2.95. The number of phosphoric acid groups is 1. The Bertz CT molecular complexity index is 674. The summed E-state index contributed by atoms with van der Waals surface area (Å²) < 4.78 is 65.9. The summed E-state index contributed by atoms with van der Waals surface area (Å²) in [7, 11) is -12.3. The number of rotatable bonds is 9. The van der Waals surface area contributed by atoms with E-state index in [1.165, 1.54) is 0 Å². The van der Waals surface area contributed by atoms with Gasteiger partial charge in [0.2, 0.25) is 0 Å². The van der Waals surface area contributed by atoms with Crippen molar-refractivity contribution in [2.75, 3.05) is 19.9 Å². The lowest BCUT2D eigenvalue weighted by molar-refractivity contribution is -0.109. The number of phosphoric ester groups is 1. The molecule has 3 unspecified atom stereocenters. The van der Waals surface area contributed by atoms with E-state index in [0.717, 1.165) is 13.3 Å². The van der Waals surface area contributed by atoms with E-state index >= 15 is 0 Å². The van der Waals surface area contributed by atoms with Crippen LogP contribution in [0.4, 0.5) is 0 Å². The molecule has 2 rings (SSSR count). The highest BCUT2D eigenvalue weighted by atomic mass is 31.2. The molecule has 0 radical (unpaired) electrons. The summed E-state index contributed by atoms with van der Waals surface area (Å²) in [4.78, 5) is 28.7. The number of hydrogen-bond donors (Lipinski definition) is 3. The van der Waals surface area contributed by atoms with Gasteiger partial charge in [-0.2, -0.15) is 0 Å². The van der Waals surface area contributed by atoms with Crippen molar-refractivity contribution in [1.82, 2.24) is 0 Å². The van der Waals surface area contributed by atoms with Crippen molar-refractivity contribution in [2.45, 2.75) is 63.5 Å². The first-order valence-electron chi connectivity index (χ1n) is 8.57. The molecule has 0 aromatic heterocycles. The monoisotopic (exact) mass is 468 g/mol. The van der Waals surface area contributed by atoms with Gasteiger partial charge < -0.3 is 28.7 Å². The van der Waals surface area contributed by atoms with Crippen LogP contribution in [0.25, 0.3) is 0 Å². The molecule has 2 saturated heterocycles. The zero-order chi connectivity index (χ0) is 21.3. The molecule has 166 valence electrons. The van der Waals surface area contributed by atoms with Crippen molar-refractivity contribution < 1.29 is 55.9 Å². The van der Waals surface area contributed by atoms with Crippen LogP contribution in [0.1, 0.15) is 26.7 Å². The topological polar surface area (TPSA) is 167 Å². The van der Waals surface area contributed by atoms with Gasteiger partial charge in [0.05, 0.1) is 24.9 Å². The third-order valence-electron chi connectivity index (χ3n) is 3.92. The predicted octanol–water partition coefficient (Wildman–Crippen LogP) is 1.83. The molecule has 0 aliphatic carbocycles. The summed E-state index contributed by atoms with van der Waals surface area (Å²) in [6.45, 7) is 4.93. The first-order valence-corrected chi connectivity index (χ1v) is 14.1. The molecule has 0 saturated carbocycles. The van der Waals surface area contributed by atoms with Crippen LogP contribution in [-0.4, -0.2) is 71.4 Å². The molecule has 28 heavy (non-hydrogen) atoms. The Kier molecular flexibility index (Phi) is 8.10. The molecular weight excluding hydrogens is 441 g/mol. The van der Waals surface area contributed by atoms with Crippen LogP contribution in [0.3, 0.4) is 0 Å². The lowest BCUT2D eigenvalue weighted by Crippen LogP contribution is -2.29. The molecule has 0 bridgehead atoms. The molecule has 2 aliphatic heterocycles. The maximum Gasteiger partial charge on any atom is 0.472 e. The highest BCUT2D eigenvalue weighted by Crippen LogP contribution is 2.50. The van der Waals surface area contributed by atoms with Crippen molar-refractivity contribution >= 4 is 23.0 Å². The minimum atomic E-state index is -4.62. The van der Waals surface area contributed by atoms with Gasteiger partial charge in [0.1, 0.15) is 12.2 Å². The Morgan fingerprint density at radius 2 is 1.39 bits per heavy atom. The van der Waals surface area contributed by atoms with Crippen molar-refractivity contribution in [3.63, 3.8) is 0 Å². The smallest absolute Gasteiger partial charge is 0.370 e. The maximum atomic E-state index is 12.3. The van der Waals surface area contributed by atoms with E-state index in [1.807, 2.05) is 0 Å². The van der Waals surface area contributed by atoms with E-state index in [2.05, 4.69) is 0 Å². The zero-order valence-corrected chi connectivity index (χ0v) is 18.6. The fourth-order valence-corrected chi connectivity index (χ4v) is 5.21. The Balaban J connectivity index is 1.94. The lowest BCUT2D eigenvalue weighted by atomic mass is 10.1. The molecule has 0 aromatic carbocycles. The minimum absolute atomic E-state index is 0.144. The van der Waals surface area contributed by atoms with Crippen LogP contribution in [0, 0.1) is 0 Å². The lowest BCUT2D eigenvalue weighted by Gasteiger charge is -2.24. The fourth-order valence-electron chi connectivity index (χ4n) is 2.99. The van der Waals surface area contributed by atoms with E-state index in [9.17, 15) is 28.4 Å². The van der Waals surface area contributed by atoms with E-state index < -0.39 is 60.3 Å². The molecule has 0 aromatic rings. The highest BCUT2D eigenvalue weighted by Gasteiger charge is 2.44. The predicted molar refractivity (Wildman–Crippen MR) is 96.0 cm³/mol. The second-order valence-corrected chi connectivity index (χ2v) is 12.1. The fraction of sp³-hybridized carbons (Fsp3) is 1.00. The van der Waals surface area contributed by atoms with E-state index in [4.69, 9.17) is 27.6 Å². The van der Waals surface area contributed by atoms with Crippen LogP contribution in [0.15, 0.2) is 0 Å². The molecule has 0 spiro atoms. The summed E-state index contributed by atoms with van der Waals surface area (Å²) >= 11 is 0. The van der Waals surface area contributed by atoms with Gasteiger partial charge in [0.25, 0.3) is 0 Å². The van der Waals surface area contributed by atoms with E-state index in [-0.39, 0.29) is 12.5 Å². The second kappa shape index (κ2) is 9.22. The summed E-state index contributed by atoms with van der Waals surface area (Å²) in [6.07, 6.45) is -4.31. The van der Waals surface area contributed by atoms with Gasteiger partial charge in [-0.25, -0.2) is 4.57 Å². The molecule has 12 nitrogen and oxygen atoms in total. The van der Waals surface area contributed by atoms with Gasteiger partial charge in [-0.1, -0.05) is 0 Å². The summed E-state index contributed by atoms with van der Waals surface area (Å²) in [5.74, 6) is 0. The quantitative estimate of drug-likeness (QED) is 0.421. The van der Waals surface area contributed by atoms with Crippen LogP contribution in [0.5, 0.6) is 0 Å². The molecule has 3 N–H and O–H groups in total. The molecule has 15 heteroatoms. The van der Waals surface area contributed by atoms with Crippen molar-refractivity contribution in [1.29, 1.82) is 0 Å². The Morgan fingerprint density at radius 3 is 1.96 bits per heavy atom. The van der Waals surface area contributed by atoms with Gasteiger partial charge >= 0.3 is 23.0 Å². The molecule has 2 fully saturated rings. The highest BCUT2D eigenvalue weighted by molar-refractivity contribution is 7.52. The van der Waals surface area contributed by atoms with Crippen LogP contribution < -0.4 is 0 Å². The van der Waals surface area contributed by atoms with Gasteiger partial charge in [0, 0.05) is 26.2 Å². The van der Waals surface area contributed by atoms with Gasteiger partial charge in [-0.3, -0.25) is 22.7 Å². The largest absolute Gasteiger partial charge is 0.472 e. The van der Waals surface area contributed by atoms with Crippen molar-refractivity contribution in [3.05, 3.63) is 0 Å². The summed E-state index contributed by atoms with van der Waals surface area (Å²) in [5.41, 5.74) is 0. The SMILES string of the molecule is C[C@H]1C[C@H](OP(=O)(O)OC[C@H]2O[C@@H](C)C[C@@H]2OP(C)(=O)O)[C@@H](OP(C)(=O)O)O1. The van der Waals surface area contributed by atoms with Crippen molar-refractivity contribution in [3.8, 4) is 0 Å². The standard InChI is InChI=1S/C13H27O12P3/c1-8-5-10(23-26(3,14)15)12(21-8)7-20-28(18,19)24-11-6-9(2)22-13(11)25-27(4,16)17/h8-13H,5-7H2,1-4H3,(H,14,15)(H,16,17)(H,18,19)/t8-,9-,10-,11-,12+,13+/m0/s1. The molecular formula is C13H27O12P3. The average molecular weight is 468 g/mol. The molecule has 2 heterocycles. The molecule has 2 aliphatic rings. The summed E-state index contributed by atoms with van der Waals surface area (Å²) in [5, 5.41) is 0. The Labute approximate surface area is 163 Å². The second-order valence-electron chi connectivity index (χ2n) is 7.04. The number of ether oxygens (including phenoxy) is 2. The molecule has 0 amide bonds. The van der Waals surface area contributed by atoms with Crippen LogP contribution >= 0.6 is 23.0 Å². The van der Waals surface area contributed by atoms with Crippen LogP contribution in [-0.2, 0) is 41.3 Å². The minimum Gasteiger partial charge on any atom is -0.370 e. The first kappa shape index (κ1) is 24.6. The van der Waals surface area contributed by atoms with Crippen LogP contribution in [0.2, 0.25) is 0 Å². The normalized spacial score (nSPS) is 40.0. The maximum absolute atomic E-state index is 12.3. The summed E-state index contributed by atoms with van der Waals surface area (Å²) in [6, 6.07) is 0. The Hall–Kier alpha value is 0.330.